The SMILES string of the molecule is CC(C)(C)Oc1cc(C(=N)N)ccn1. The van der Waals surface area contributed by atoms with E-state index in [-0.39, 0.29) is 11.4 Å². The molecule has 0 aliphatic rings. The fourth-order valence-electron chi connectivity index (χ4n) is 0.946. The van der Waals surface area contributed by atoms with Crippen molar-refractivity contribution < 1.29 is 4.74 Å². The number of nitrogens with two attached hydrogens (primary N) is 1. The lowest BCUT2D eigenvalue weighted by Crippen LogP contribution is -2.24. The predicted octanol–water partition coefficient (Wildman–Crippen LogP) is 1.54. The fraction of sp³-hybridized carbons (Fsp3) is 0.400. The van der Waals surface area contributed by atoms with Crippen LogP contribution < -0.4 is 10.5 Å². The molecule has 0 unspecified atom stereocenters. The zero-order valence-electron chi connectivity index (χ0n) is 8.66. The zero-order valence-corrected chi connectivity index (χ0v) is 8.66. The van der Waals surface area contributed by atoms with Crippen LogP contribution in [0.4, 0.5) is 0 Å². The lowest BCUT2D eigenvalue weighted by atomic mass is 10.2. The molecule has 3 N–H and O–H groups in total. The molecule has 4 heteroatoms. The highest BCUT2D eigenvalue weighted by atomic mass is 16.5. The molecule has 76 valence electrons. The van der Waals surface area contributed by atoms with Gasteiger partial charge < -0.3 is 10.5 Å². The molecule has 0 aliphatic carbocycles. The molecule has 0 aromatic carbocycles. The third kappa shape index (κ3) is 3.05. The van der Waals surface area contributed by atoms with Crippen LogP contribution in [0, 0.1) is 5.41 Å². The number of ether oxygens (including phenoxy) is 1. The standard InChI is InChI=1S/C10H15N3O/c1-10(2,3)14-8-6-7(9(11)12)4-5-13-8/h4-6H,1-3H3,(H3,11,12). The van der Waals surface area contributed by atoms with Crippen LogP contribution in [0.1, 0.15) is 26.3 Å². The number of nitrogen functional groups attached to an aromatic ring is 1. The van der Waals surface area contributed by atoms with Crippen LogP contribution in [0.2, 0.25) is 0 Å². The van der Waals surface area contributed by atoms with Crippen molar-refractivity contribution in [3.8, 4) is 5.88 Å². The second-order valence-corrected chi connectivity index (χ2v) is 4.01. The lowest BCUT2D eigenvalue weighted by molar-refractivity contribution is 0.124. The van der Waals surface area contributed by atoms with Crippen molar-refractivity contribution >= 4 is 5.84 Å². The summed E-state index contributed by atoms with van der Waals surface area (Å²) in [6, 6.07) is 3.34. The molecule has 0 aliphatic heterocycles. The molecule has 0 spiro atoms. The minimum absolute atomic E-state index is 0.0196. The minimum Gasteiger partial charge on any atom is -0.472 e. The summed E-state index contributed by atoms with van der Waals surface area (Å²) in [4.78, 5) is 4.03. The first-order chi connectivity index (χ1) is 6.38. The first-order valence-electron chi connectivity index (χ1n) is 4.38. The molecular formula is C10H15N3O. The summed E-state index contributed by atoms with van der Waals surface area (Å²) in [7, 11) is 0. The van der Waals surface area contributed by atoms with Gasteiger partial charge >= 0.3 is 0 Å². The zero-order chi connectivity index (χ0) is 10.8. The Bertz CT molecular complexity index is 341. The first-order valence-corrected chi connectivity index (χ1v) is 4.38. The maximum Gasteiger partial charge on any atom is 0.214 e. The number of hydrogen-bond donors (Lipinski definition) is 2. The molecule has 1 aromatic heterocycles. The minimum atomic E-state index is -0.289. The van der Waals surface area contributed by atoms with Gasteiger partial charge in [-0.15, -0.1) is 0 Å². The van der Waals surface area contributed by atoms with Gasteiger partial charge in [-0.3, -0.25) is 5.41 Å². The van der Waals surface area contributed by atoms with Crippen LogP contribution in [0.5, 0.6) is 5.88 Å². The highest BCUT2D eigenvalue weighted by Crippen LogP contribution is 2.15. The van der Waals surface area contributed by atoms with Crippen LogP contribution in [-0.4, -0.2) is 16.4 Å². The molecule has 0 amide bonds. The molecule has 1 rings (SSSR count). The summed E-state index contributed by atoms with van der Waals surface area (Å²) in [5.74, 6) is 0.511. The van der Waals surface area contributed by atoms with Crippen molar-refractivity contribution in [2.75, 3.05) is 0 Å². The average Bonchev–Trinajstić information content (AvgIpc) is 2.01. The van der Waals surface area contributed by atoms with Crippen LogP contribution in [0.25, 0.3) is 0 Å². The Morgan fingerprint density at radius 2 is 2.14 bits per heavy atom. The summed E-state index contributed by atoms with van der Waals surface area (Å²) in [6.45, 7) is 5.82. The van der Waals surface area contributed by atoms with Crippen molar-refractivity contribution in [1.29, 1.82) is 5.41 Å². The van der Waals surface area contributed by atoms with Gasteiger partial charge in [0.15, 0.2) is 0 Å². The number of hydrogen-bond acceptors (Lipinski definition) is 3. The Balaban J connectivity index is 2.89. The van der Waals surface area contributed by atoms with Gasteiger partial charge in [0.1, 0.15) is 11.4 Å². The van der Waals surface area contributed by atoms with Crippen molar-refractivity contribution in [3.05, 3.63) is 23.9 Å². The Kier molecular flexibility index (Phi) is 2.74. The summed E-state index contributed by atoms with van der Waals surface area (Å²) >= 11 is 0. The Labute approximate surface area is 83.6 Å². The van der Waals surface area contributed by atoms with Gasteiger partial charge in [0.25, 0.3) is 0 Å². The van der Waals surface area contributed by atoms with E-state index in [9.17, 15) is 0 Å². The molecular weight excluding hydrogens is 178 g/mol. The number of rotatable bonds is 2. The van der Waals surface area contributed by atoms with E-state index >= 15 is 0 Å². The third-order valence-corrected chi connectivity index (χ3v) is 1.46. The van der Waals surface area contributed by atoms with Crippen molar-refractivity contribution in [1.82, 2.24) is 4.98 Å². The lowest BCUT2D eigenvalue weighted by Gasteiger charge is -2.20. The van der Waals surface area contributed by atoms with Gasteiger partial charge in [0.05, 0.1) is 0 Å². The van der Waals surface area contributed by atoms with E-state index in [1.165, 1.54) is 0 Å². The van der Waals surface area contributed by atoms with E-state index in [0.717, 1.165) is 0 Å². The number of amidine groups is 1. The van der Waals surface area contributed by atoms with E-state index in [0.29, 0.717) is 11.4 Å². The summed E-state index contributed by atoms with van der Waals surface area (Å²) < 4.78 is 5.53. The van der Waals surface area contributed by atoms with E-state index in [4.69, 9.17) is 15.9 Å². The molecule has 0 fully saturated rings. The highest BCUT2D eigenvalue weighted by Gasteiger charge is 2.12. The highest BCUT2D eigenvalue weighted by molar-refractivity contribution is 5.95. The molecule has 0 bridgehead atoms. The van der Waals surface area contributed by atoms with Gasteiger partial charge in [-0.1, -0.05) is 0 Å². The molecule has 0 radical (unpaired) electrons. The Morgan fingerprint density at radius 3 is 2.64 bits per heavy atom. The second kappa shape index (κ2) is 3.65. The smallest absolute Gasteiger partial charge is 0.214 e. The number of aromatic nitrogens is 1. The second-order valence-electron chi connectivity index (χ2n) is 4.01. The Morgan fingerprint density at radius 1 is 1.50 bits per heavy atom. The molecule has 1 heterocycles. The number of nitrogens with zero attached hydrogens (tertiary/aromatic N) is 1. The summed E-state index contributed by atoms with van der Waals surface area (Å²) in [5.41, 5.74) is 5.68. The maximum absolute atomic E-state index is 7.26. The normalized spacial score (nSPS) is 11.1. The average molecular weight is 193 g/mol. The molecule has 4 nitrogen and oxygen atoms in total. The maximum atomic E-state index is 7.26. The summed E-state index contributed by atoms with van der Waals surface area (Å²) in [6.07, 6.45) is 1.58. The topological polar surface area (TPSA) is 72.0 Å². The third-order valence-electron chi connectivity index (χ3n) is 1.46. The molecule has 1 aromatic rings. The van der Waals surface area contributed by atoms with Crippen molar-refractivity contribution in [2.24, 2.45) is 5.73 Å². The first kappa shape index (κ1) is 10.5. The van der Waals surface area contributed by atoms with E-state index < -0.39 is 0 Å². The van der Waals surface area contributed by atoms with Crippen LogP contribution in [-0.2, 0) is 0 Å². The van der Waals surface area contributed by atoms with E-state index in [1.807, 2.05) is 20.8 Å². The number of nitrogens with one attached hydrogen (secondary N) is 1. The number of pyridine rings is 1. The molecule has 14 heavy (non-hydrogen) atoms. The monoisotopic (exact) mass is 193 g/mol. The molecule has 0 saturated carbocycles. The molecule has 0 saturated heterocycles. The molecule has 0 atom stereocenters. The quantitative estimate of drug-likeness (QED) is 0.552. The van der Waals surface area contributed by atoms with Gasteiger partial charge in [-0.05, 0) is 26.8 Å². The van der Waals surface area contributed by atoms with Gasteiger partial charge in [0.2, 0.25) is 5.88 Å². The van der Waals surface area contributed by atoms with Gasteiger partial charge in [-0.2, -0.15) is 0 Å². The van der Waals surface area contributed by atoms with E-state index in [1.54, 1.807) is 18.3 Å². The van der Waals surface area contributed by atoms with Crippen LogP contribution in [0.15, 0.2) is 18.3 Å². The summed E-state index contributed by atoms with van der Waals surface area (Å²) in [5, 5.41) is 7.26. The van der Waals surface area contributed by atoms with Gasteiger partial charge in [0, 0.05) is 17.8 Å². The van der Waals surface area contributed by atoms with Gasteiger partial charge in [-0.25, -0.2) is 4.98 Å². The fourth-order valence-corrected chi connectivity index (χ4v) is 0.946. The Hall–Kier alpha value is -1.58. The van der Waals surface area contributed by atoms with Crippen molar-refractivity contribution in [3.63, 3.8) is 0 Å². The van der Waals surface area contributed by atoms with Crippen LogP contribution >= 0.6 is 0 Å². The largest absolute Gasteiger partial charge is 0.472 e. The van der Waals surface area contributed by atoms with Crippen molar-refractivity contribution in [2.45, 2.75) is 26.4 Å². The van der Waals surface area contributed by atoms with E-state index in [2.05, 4.69) is 4.98 Å². The predicted molar refractivity (Wildman–Crippen MR) is 55.6 cm³/mol. The van der Waals surface area contributed by atoms with Crippen LogP contribution in [0.3, 0.4) is 0 Å².